The van der Waals surface area contributed by atoms with Crippen molar-refractivity contribution in [2.45, 2.75) is 31.1 Å². The molecule has 0 bridgehead atoms. The van der Waals surface area contributed by atoms with Crippen LogP contribution in [-0.4, -0.2) is 25.3 Å². The summed E-state index contributed by atoms with van der Waals surface area (Å²) < 4.78 is 1.67. The van der Waals surface area contributed by atoms with Crippen LogP contribution in [-0.2, 0) is 4.79 Å². The maximum Gasteiger partial charge on any atom is 0.327 e. The summed E-state index contributed by atoms with van der Waals surface area (Å²) >= 11 is 3.46. The van der Waals surface area contributed by atoms with E-state index in [1.165, 1.54) is 6.33 Å². The van der Waals surface area contributed by atoms with Gasteiger partial charge in [0.25, 0.3) is 5.56 Å². The van der Waals surface area contributed by atoms with Crippen LogP contribution in [0.1, 0.15) is 31.1 Å². The van der Waals surface area contributed by atoms with Crippen LogP contribution in [0.5, 0.6) is 0 Å². The van der Waals surface area contributed by atoms with Crippen molar-refractivity contribution in [2.75, 3.05) is 0 Å². The zero-order valence-corrected chi connectivity index (χ0v) is 11.9. The molecule has 1 atom stereocenters. The Hall–Kier alpha value is -1.70. The number of Topliss-reactive ketones (excluding diaryl/α,β-unsaturated/α-hetero) is 1. The van der Waals surface area contributed by atoms with Gasteiger partial charge >= 0.3 is 5.69 Å². The normalized spacial score (nSPS) is 12.7. The molecule has 102 valence electrons. The number of alkyl halides is 1. The molecule has 0 aromatic carbocycles. The highest BCUT2D eigenvalue weighted by Crippen LogP contribution is 2.24. The highest BCUT2D eigenvalue weighted by Gasteiger charge is 2.13. The number of rotatable bonds is 5. The number of carbonyl (C=O) groups is 1. The molecule has 2 rings (SSSR count). The van der Waals surface area contributed by atoms with Gasteiger partial charge < -0.3 is 9.36 Å². The SMILES string of the molecule is CC(=O)CCCC(Br)n1cnc2c(=O)[nH]c(=O)[nH]c21. The average Bonchev–Trinajstić information content (AvgIpc) is 2.72. The number of carbonyl (C=O) groups excluding carboxylic acids is 1. The molecule has 2 aromatic rings. The molecule has 2 N–H and O–H groups in total. The first-order chi connectivity index (χ1) is 8.99. The molecule has 8 heteroatoms. The van der Waals surface area contributed by atoms with Crippen LogP contribution in [0.3, 0.4) is 0 Å². The number of hydrogen-bond donors (Lipinski definition) is 2. The summed E-state index contributed by atoms with van der Waals surface area (Å²) in [5.41, 5.74) is -0.516. The van der Waals surface area contributed by atoms with E-state index in [9.17, 15) is 14.4 Å². The van der Waals surface area contributed by atoms with E-state index >= 15 is 0 Å². The molecule has 0 saturated carbocycles. The third kappa shape index (κ3) is 3.01. The van der Waals surface area contributed by atoms with Crippen LogP contribution < -0.4 is 11.2 Å². The Morgan fingerprint density at radius 2 is 2.21 bits per heavy atom. The zero-order valence-electron chi connectivity index (χ0n) is 10.3. The third-order valence-electron chi connectivity index (χ3n) is 2.74. The molecule has 1 unspecified atom stereocenters. The predicted octanol–water partition coefficient (Wildman–Crippen LogP) is 1.07. The van der Waals surface area contributed by atoms with Crippen molar-refractivity contribution in [3.8, 4) is 0 Å². The molecule has 0 fully saturated rings. The summed E-state index contributed by atoms with van der Waals surface area (Å²) in [5.74, 6) is 0.139. The van der Waals surface area contributed by atoms with E-state index in [4.69, 9.17) is 0 Å². The Morgan fingerprint density at radius 1 is 1.47 bits per heavy atom. The van der Waals surface area contributed by atoms with Crippen LogP contribution in [0.15, 0.2) is 15.9 Å². The van der Waals surface area contributed by atoms with Gasteiger partial charge in [-0.15, -0.1) is 0 Å². The highest BCUT2D eigenvalue weighted by atomic mass is 79.9. The number of aromatic nitrogens is 4. The standard InChI is InChI=1S/C11H13BrN4O3/c1-6(17)3-2-4-7(12)16-5-13-8-9(16)14-11(19)15-10(8)18/h5,7H,2-4H2,1H3,(H2,14,15,18,19). The van der Waals surface area contributed by atoms with Crippen molar-refractivity contribution >= 4 is 32.9 Å². The quantitative estimate of drug-likeness (QED) is 0.801. The molecule has 0 amide bonds. The van der Waals surface area contributed by atoms with E-state index in [0.29, 0.717) is 18.5 Å². The van der Waals surface area contributed by atoms with Crippen molar-refractivity contribution in [3.63, 3.8) is 0 Å². The van der Waals surface area contributed by atoms with Gasteiger partial charge in [-0.25, -0.2) is 9.78 Å². The summed E-state index contributed by atoms with van der Waals surface area (Å²) in [6.07, 6.45) is 3.41. The van der Waals surface area contributed by atoms with E-state index in [0.717, 1.165) is 6.42 Å². The molecule has 0 aliphatic heterocycles. The average molecular weight is 329 g/mol. The molecule has 0 radical (unpaired) electrons. The van der Waals surface area contributed by atoms with Crippen LogP contribution in [0.2, 0.25) is 0 Å². The van der Waals surface area contributed by atoms with Crippen molar-refractivity contribution in [1.82, 2.24) is 19.5 Å². The minimum atomic E-state index is -0.567. The van der Waals surface area contributed by atoms with Gasteiger partial charge in [0.2, 0.25) is 0 Å². The molecule has 19 heavy (non-hydrogen) atoms. The topological polar surface area (TPSA) is 101 Å². The first-order valence-electron chi connectivity index (χ1n) is 5.81. The first-order valence-corrected chi connectivity index (χ1v) is 6.73. The van der Waals surface area contributed by atoms with Gasteiger partial charge in [-0.2, -0.15) is 0 Å². The Labute approximate surface area is 116 Å². The van der Waals surface area contributed by atoms with E-state index in [1.54, 1.807) is 11.5 Å². The number of halogens is 1. The van der Waals surface area contributed by atoms with E-state index in [1.807, 2.05) is 0 Å². The smallest absolute Gasteiger partial charge is 0.303 e. The van der Waals surface area contributed by atoms with Gasteiger partial charge in [-0.05, 0) is 19.8 Å². The van der Waals surface area contributed by atoms with Crippen LogP contribution >= 0.6 is 15.9 Å². The lowest BCUT2D eigenvalue weighted by atomic mass is 10.2. The van der Waals surface area contributed by atoms with Crippen LogP contribution in [0.4, 0.5) is 0 Å². The van der Waals surface area contributed by atoms with E-state index in [2.05, 4.69) is 30.9 Å². The van der Waals surface area contributed by atoms with Crippen molar-refractivity contribution in [2.24, 2.45) is 0 Å². The maximum absolute atomic E-state index is 11.5. The number of nitrogens with one attached hydrogen (secondary N) is 2. The summed E-state index contributed by atoms with van der Waals surface area (Å²) in [7, 11) is 0. The Bertz CT molecular complexity index is 715. The second-order valence-electron chi connectivity index (χ2n) is 4.29. The first kappa shape index (κ1) is 13.7. The molecule has 2 heterocycles. The van der Waals surface area contributed by atoms with Crippen molar-refractivity contribution in [3.05, 3.63) is 27.2 Å². The summed E-state index contributed by atoms with van der Waals surface area (Å²) in [6, 6.07) is 0. The lowest BCUT2D eigenvalue weighted by Crippen LogP contribution is -2.22. The monoisotopic (exact) mass is 328 g/mol. The largest absolute Gasteiger partial charge is 0.327 e. The van der Waals surface area contributed by atoms with Gasteiger partial charge in [0, 0.05) is 6.42 Å². The van der Waals surface area contributed by atoms with Gasteiger partial charge in [-0.3, -0.25) is 14.8 Å². The fourth-order valence-corrected chi connectivity index (χ4v) is 2.46. The number of H-pyrrole nitrogens is 2. The number of hydrogen-bond acceptors (Lipinski definition) is 4. The van der Waals surface area contributed by atoms with E-state index < -0.39 is 11.2 Å². The molecule has 2 aromatic heterocycles. The van der Waals surface area contributed by atoms with Gasteiger partial charge in [0.1, 0.15) is 11.4 Å². The van der Waals surface area contributed by atoms with Crippen LogP contribution in [0.25, 0.3) is 11.2 Å². The lowest BCUT2D eigenvalue weighted by Gasteiger charge is -2.11. The number of nitrogens with zero attached hydrogens (tertiary/aromatic N) is 2. The number of aromatic amines is 2. The Morgan fingerprint density at radius 3 is 2.89 bits per heavy atom. The minimum absolute atomic E-state index is 0.130. The fraction of sp³-hybridized carbons (Fsp3) is 0.455. The second-order valence-corrected chi connectivity index (χ2v) is 5.34. The van der Waals surface area contributed by atoms with Gasteiger partial charge in [0.15, 0.2) is 5.52 Å². The summed E-state index contributed by atoms with van der Waals surface area (Å²) in [6.45, 7) is 1.55. The van der Waals surface area contributed by atoms with Crippen molar-refractivity contribution < 1.29 is 4.79 Å². The Kier molecular flexibility index (Phi) is 3.98. The molecule has 0 aliphatic carbocycles. The molecule has 0 spiro atoms. The van der Waals surface area contributed by atoms with Crippen molar-refractivity contribution in [1.29, 1.82) is 0 Å². The highest BCUT2D eigenvalue weighted by molar-refractivity contribution is 9.09. The maximum atomic E-state index is 11.5. The van der Waals surface area contributed by atoms with Gasteiger partial charge in [0.05, 0.1) is 11.3 Å². The number of fused-ring (bicyclic) bond motifs is 1. The fourth-order valence-electron chi connectivity index (χ4n) is 1.82. The third-order valence-corrected chi connectivity index (χ3v) is 3.64. The molecular weight excluding hydrogens is 316 g/mol. The summed E-state index contributed by atoms with van der Waals surface area (Å²) in [4.78, 5) is 42.2. The molecule has 0 saturated heterocycles. The molecule has 7 nitrogen and oxygen atoms in total. The number of ketones is 1. The molecule has 0 aliphatic rings. The number of imidazole rings is 1. The zero-order chi connectivity index (χ0) is 14.0. The minimum Gasteiger partial charge on any atom is -0.303 e. The van der Waals surface area contributed by atoms with Crippen LogP contribution in [0, 0.1) is 0 Å². The molecular formula is C11H13BrN4O3. The lowest BCUT2D eigenvalue weighted by molar-refractivity contribution is -0.117. The van der Waals surface area contributed by atoms with Gasteiger partial charge in [-0.1, -0.05) is 15.9 Å². The Balaban J connectivity index is 2.27. The second kappa shape index (κ2) is 5.52. The predicted molar refractivity (Wildman–Crippen MR) is 73.5 cm³/mol. The summed E-state index contributed by atoms with van der Waals surface area (Å²) in [5, 5.41) is 0. The van der Waals surface area contributed by atoms with E-state index in [-0.39, 0.29) is 16.3 Å².